The maximum atomic E-state index is 6.33. The molecule has 5 heteroatoms. The molecule has 0 unspecified atom stereocenters. The summed E-state index contributed by atoms with van der Waals surface area (Å²) in [6, 6.07) is 7.79. The van der Waals surface area contributed by atoms with Gasteiger partial charge in [-0.1, -0.05) is 29.8 Å². The Balaban J connectivity index is 1.97. The van der Waals surface area contributed by atoms with Crippen molar-refractivity contribution in [2.75, 3.05) is 18.4 Å². The second kappa shape index (κ2) is 6.41. The number of benzene rings is 1. The number of aromatic nitrogens is 2. The zero-order valence-corrected chi connectivity index (χ0v) is 12.6. The summed E-state index contributed by atoms with van der Waals surface area (Å²) in [6.45, 7) is 1.47. The minimum Gasteiger partial charge on any atom is -0.382 e. The molecule has 0 spiro atoms. The summed E-state index contributed by atoms with van der Waals surface area (Å²) in [5, 5.41) is 4.07. The van der Waals surface area contributed by atoms with Gasteiger partial charge in [-0.05, 0) is 31.9 Å². The molecule has 0 bridgehead atoms. The molecule has 1 fully saturated rings. The van der Waals surface area contributed by atoms with E-state index in [4.69, 9.17) is 22.3 Å². The third kappa shape index (κ3) is 3.34. The van der Waals surface area contributed by atoms with Gasteiger partial charge in [0.05, 0.1) is 22.6 Å². The fourth-order valence-electron chi connectivity index (χ4n) is 2.25. The van der Waals surface area contributed by atoms with Crippen LogP contribution in [0.2, 0.25) is 5.02 Å². The van der Waals surface area contributed by atoms with Crippen molar-refractivity contribution in [1.82, 2.24) is 9.97 Å². The Bertz CT molecular complexity index is 625. The van der Waals surface area contributed by atoms with Crippen LogP contribution in [0, 0.1) is 0 Å². The molecule has 110 valence electrons. The Morgan fingerprint density at radius 3 is 2.81 bits per heavy atom. The number of nitrogens with one attached hydrogen (secondary N) is 1. The van der Waals surface area contributed by atoms with E-state index in [2.05, 4.69) is 10.3 Å². The normalized spacial score (nSPS) is 14.2. The third-order valence-corrected chi connectivity index (χ3v) is 3.90. The number of nitrogens with zero attached hydrogens (tertiary/aromatic N) is 2. The highest BCUT2D eigenvalue weighted by Gasteiger charge is 2.27. The van der Waals surface area contributed by atoms with Crippen molar-refractivity contribution in [3.8, 4) is 11.3 Å². The summed E-state index contributed by atoms with van der Waals surface area (Å²) >= 11 is 6.33. The minimum atomic E-state index is 0.518. The lowest BCUT2D eigenvalue weighted by molar-refractivity contribution is 0.868. The predicted molar refractivity (Wildman–Crippen MR) is 86.6 cm³/mol. The Hall–Kier alpha value is -1.65. The van der Waals surface area contributed by atoms with Crippen molar-refractivity contribution in [2.24, 2.45) is 5.73 Å². The van der Waals surface area contributed by atoms with Crippen LogP contribution < -0.4 is 11.1 Å². The summed E-state index contributed by atoms with van der Waals surface area (Å²) in [4.78, 5) is 9.24. The van der Waals surface area contributed by atoms with Gasteiger partial charge in [-0.2, -0.15) is 0 Å². The largest absolute Gasteiger partial charge is 0.382 e. The fourth-order valence-corrected chi connectivity index (χ4v) is 2.47. The lowest BCUT2D eigenvalue weighted by Crippen LogP contribution is -2.10. The maximum Gasteiger partial charge on any atom is 0.132 e. The first kappa shape index (κ1) is 14.3. The highest BCUT2D eigenvalue weighted by molar-refractivity contribution is 6.33. The van der Waals surface area contributed by atoms with Gasteiger partial charge < -0.3 is 11.1 Å². The molecule has 1 heterocycles. The molecule has 0 saturated heterocycles. The predicted octanol–water partition coefficient (Wildman–Crippen LogP) is 3.44. The van der Waals surface area contributed by atoms with Gasteiger partial charge >= 0.3 is 0 Å². The van der Waals surface area contributed by atoms with E-state index in [9.17, 15) is 0 Å². The Morgan fingerprint density at radius 2 is 2.10 bits per heavy atom. The first-order valence-corrected chi connectivity index (χ1v) is 7.73. The standard InChI is InChI=1S/C16H19ClN4/c17-13-5-2-1-4-12(13)15-14(19-9-3-8-18)10-20-16(21-15)11-6-7-11/h1-2,4-5,10-11,19H,3,6-9,18H2. The molecule has 1 aliphatic carbocycles. The lowest BCUT2D eigenvalue weighted by Gasteiger charge is -2.13. The van der Waals surface area contributed by atoms with Crippen LogP contribution in [-0.4, -0.2) is 23.1 Å². The van der Waals surface area contributed by atoms with Gasteiger partial charge in [-0.25, -0.2) is 9.97 Å². The molecule has 2 aromatic rings. The van der Waals surface area contributed by atoms with Crippen LogP contribution in [-0.2, 0) is 0 Å². The lowest BCUT2D eigenvalue weighted by atomic mass is 10.1. The van der Waals surface area contributed by atoms with E-state index in [1.54, 1.807) is 0 Å². The first-order chi connectivity index (χ1) is 10.3. The second-order valence-electron chi connectivity index (χ2n) is 5.31. The van der Waals surface area contributed by atoms with Crippen molar-refractivity contribution in [1.29, 1.82) is 0 Å². The van der Waals surface area contributed by atoms with Gasteiger partial charge in [-0.15, -0.1) is 0 Å². The van der Waals surface area contributed by atoms with Gasteiger partial charge in [0.2, 0.25) is 0 Å². The maximum absolute atomic E-state index is 6.33. The smallest absolute Gasteiger partial charge is 0.132 e. The Labute approximate surface area is 129 Å². The molecule has 0 amide bonds. The molecular formula is C16H19ClN4. The van der Waals surface area contributed by atoms with E-state index in [1.807, 2.05) is 30.5 Å². The van der Waals surface area contributed by atoms with E-state index < -0.39 is 0 Å². The average molecular weight is 303 g/mol. The summed E-state index contributed by atoms with van der Waals surface area (Å²) in [7, 11) is 0. The van der Waals surface area contributed by atoms with E-state index in [0.717, 1.165) is 35.7 Å². The van der Waals surface area contributed by atoms with Crippen LogP contribution in [0.5, 0.6) is 0 Å². The molecule has 1 aliphatic rings. The molecular weight excluding hydrogens is 284 g/mol. The quantitative estimate of drug-likeness (QED) is 0.802. The molecule has 1 aromatic carbocycles. The summed E-state index contributed by atoms with van der Waals surface area (Å²) in [6.07, 6.45) is 5.14. The van der Waals surface area contributed by atoms with Crippen LogP contribution in [0.15, 0.2) is 30.5 Å². The van der Waals surface area contributed by atoms with Crippen LogP contribution >= 0.6 is 11.6 Å². The zero-order chi connectivity index (χ0) is 14.7. The van der Waals surface area contributed by atoms with E-state index in [-0.39, 0.29) is 0 Å². The SMILES string of the molecule is NCCCNc1cnc(C2CC2)nc1-c1ccccc1Cl. The van der Waals surface area contributed by atoms with Crippen molar-refractivity contribution in [2.45, 2.75) is 25.2 Å². The number of nitrogens with two attached hydrogens (primary N) is 1. The summed E-state index contributed by atoms with van der Waals surface area (Å²) in [5.74, 6) is 1.44. The molecule has 0 radical (unpaired) electrons. The highest BCUT2D eigenvalue weighted by atomic mass is 35.5. The van der Waals surface area contributed by atoms with Gasteiger partial charge in [0, 0.05) is 18.0 Å². The van der Waals surface area contributed by atoms with Crippen molar-refractivity contribution < 1.29 is 0 Å². The fraction of sp³-hybridized carbons (Fsp3) is 0.375. The van der Waals surface area contributed by atoms with Crippen LogP contribution in [0.3, 0.4) is 0 Å². The molecule has 0 atom stereocenters. The first-order valence-electron chi connectivity index (χ1n) is 7.35. The molecule has 3 rings (SSSR count). The zero-order valence-electron chi connectivity index (χ0n) is 11.8. The van der Waals surface area contributed by atoms with Crippen molar-refractivity contribution in [3.05, 3.63) is 41.3 Å². The molecule has 1 saturated carbocycles. The molecule has 4 nitrogen and oxygen atoms in total. The number of anilines is 1. The van der Waals surface area contributed by atoms with Gasteiger partial charge in [-0.3, -0.25) is 0 Å². The number of hydrogen-bond donors (Lipinski definition) is 2. The molecule has 21 heavy (non-hydrogen) atoms. The number of rotatable bonds is 6. The molecule has 1 aromatic heterocycles. The van der Waals surface area contributed by atoms with Crippen molar-refractivity contribution in [3.63, 3.8) is 0 Å². The minimum absolute atomic E-state index is 0.518. The number of halogens is 1. The molecule has 3 N–H and O–H groups in total. The Kier molecular flexibility index (Phi) is 4.36. The highest BCUT2D eigenvalue weighted by Crippen LogP contribution is 2.40. The second-order valence-corrected chi connectivity index (χ2v) is 5.72. The van der Waals surface area contributed by atoms with E-state index in [0.29, 0.717) is 17.5 Å². The summed E-state index contributed by atoms with van der Waals surface area (Å²) in [5.41, 5.74) is 8.29. The van der Waals surface area contributed by atoms with Crippen LogP contribution in [0.25, 0.3) is 11.3 Å². The number of hydrogen-bond acceptors (Lipinski definition) is 4. The topological polar surface area (TPSA) is 63.8 Å². The summed E-state index contributed by atoms with van der Waals surface area (Å²) < 4.78 is 0. The van der Waals surface area contributed by atoms with Crippen LogP contribution in [0.1, 0.15) is 31.0 Å². The van der Waals surface area contributed by atoms with E-state index in [1.165, 1.54) is 12.8 Å². The average Bonchev–Trinajstić information content (AvgIpc) is 3.33. The molecule has 0 aliphatic heterocycles. The van der Waals surface area contributed by atoms with Crippen molar-refractivity contribution >= 4 is 17.3 Å². The van der Waals surface area contributed by atoms with Gasteiger partial charge in [0.15, 0.2) is 0 Å². The van der Waals surface area contributed by atoms with Gasteiger partial charge in [0.1, 0.15) is 5.82 Å². The third-order valence-electron chi connectivity index (χ3n) is 3.58. The monoisotopic (exact) mass is 302 g/mol. The van der Waals surface area contributed by atoms with Crippen LogP contribution in [0.4, 0.5) is 5.69 Å². The van der Waals surface area contributed by atoms with E-state index >= 15 is 0 Å². The van der Waals surface area contributed by atoms with Gasteiger partial charge in [0.25, 0.3) is 0 Å². The Morgan fingerprint density at radius 1 is 1.29 bits per heavy atom.